The number of hydrogen-bond acceptors (Lipinski definition) is 4. The molecule has 0 atom stereocenters. The van der Waals surface area contributed by atoms with E-state index in [0.717, 1.165) is 5.56 Å². The lowest BCUT2D eigenvalue weighted by Gasteiger charge is -2.10. The highest BCUT2D eigenvalue weighted by Crippen LogP contribution is 2.23. The van der Waals surface area contributed by atoms with Gasteiger partial charge in [-0.25, -0.2) is 17.8 Å². The summed E-state index contributed by atoms with van der Waals surface area (Å²) in [5.41, 5.74) is 1.62. The van der Waals surface area contributed by atoms with Crippen LogP contribution >= 0.6 is 11.6 Å². The molecule has 134 valence electrons. The lowest BCUT2D eigenvalue weighted by Crippen LogP contribution is -2.14. The van der Waals surface area contributed by atoms with Crippen molar-refractivity contribution >= 4 is 33.1 Å². The Morgan fingerprint density at radius 1 is 1.00 bits per heavy atom. The van der Waals surface area contributed by atoms with Crippen LogP contribution in [0.15, 0.2) is 71.8 Å². The van der Waals surface area contributed by atoms with E-state index in [1.165, 1.54) is 30.5 Å². The summed E-state index contributed by atoms with van der Waals surface area (Å²) in [5, 5.41) is 3.26. The van der Waals surface area contributed by atoms with E-state index in [0.29, 0.717) is 12.2 Å². The summed E-state index contributed by atoms with van der Waals surface area (Å²) in [7, 11) is -3.82. The van der Waals surface area contributed by atoms with Crippen LogP contribution in [-0.4, -0.2) is 13.4 Å². The number of pyridine rings is 1. The van der Waals surface area contributed by atoms with Crippen molar-refractivity contribution in [3.05, 3.63) is 83.3 Å². The van der Waals surface area contributed by atoms with E-state index in [-0.39, 0.29) is 21.6 Å². The molecule has 3 aromatic rings. The van der Waals surface area contributed by atoms with Gasteiger partial charge in [0.25, 0.3) is 10.0 Å². The van der Waals surface area contributed by atoms with Crippen LogP contribution in [0.1, 0.15) is 5.56 Å². The molecule has 5 nitrogen and oxygen atoms in total. The van der Waals surface area contributed by atoms with Crippen LogP contribution in [0.5, 0.6) is 0 Å². The number of aromatic nitrogens is 1. The molecule has 0 saturated carbocycles. The van der Waals surface area contributed by atoms with Crippen molar-refractivity contribution < 1.29 is 12.8 Å². The zero-order chi connectivity index (χ0) is 18.6. The molecule has 0 fully saturated rings. The highest BCUT2D eigenvalue weighted by atomic mass is 35.5. The highest BCUT2D eigenvalue weighted by molar-refractivity contribution is 7.92. The fourth-order valence-electron chi connectivity index (χ4n) is 2.22. The van der Waals surface area contributed by atoms with Gasteiger partial charge in [-0.1, -0.05) is 35.9 Å². The molecule has 26 heavy (non-hydrogen) atoms. The van der Waals surface area contributed by atoms with Crippen molar-refractivity contribution in [3.8, 4) is 0 Å². The summed E-state index contributed by atoms with van der Waals surface area (Å²) in [6, 6.07) is 15.6. The van der Waals surface area contributed by atoms with Gasteiger partial charge < -0.3 is 5.32 Å². The normalized spacial score (nSPS) is 11.2. The Morgan fingerprint density at radius 2 is 1.73 bits per heavy atom. The summed E-state index contributed by atoms with van der Waals surface area (Å²) < 4.78 is 40.0. The zero-order valence-electron chi connectivity index (χ0n) is 13.5. The molecule has 0 bridgehead atoms. The molecule has 1 aromatic heterocycles. The van der Waals surface area contributed by atoms with Gasteiger partial charge in [-0.05, 0) is 42.0 Å². The van der Waals surface area contributed by atoms with Crippen molar-refractivity contribution in [2.24, 2.45) is 0 Å². The van der Waals surface area contributed by atoms with Gasteiger partial charge >= 0.3 is 0 Å². The molecule has 0 saturated heterocycles. The zero-order valence-corrected chi connectivity index (χ0v) is 15.1. The van der Waals surface area contributed by atoms with E-state index in [4.69, 9.17) is 11.6 Å². The van der Waals surface area contributed by atoms with Crippen molar-refractivity contribution in [3.63, 3.8) is 0 Å². The smallest absolute Gasteiger partial charge is 0.264 e. The second-order valence-electron chi connectivity index (χ2n) is 5.45. The fourth-order valence-corrected chi connectivity index (χ4v) is 3.75. The molecule has 1 heterocycles. The molecule has 0 aliphatic carbocycles. The van der Waals surface area contributed by atoms with E-state index in [2.05, 4.69) is 15.0 Å². The van der Waals surface area contributed by atoms with E-state index in [1.54, 1.807) is 36.4 Å². The third kappa shape index (κ3) is 4.50. The molecule has 0 spiro atoms. The quantitative estimate of drug-likeness (QED) is 0.657. The minimum Gasteiger partial charge on any atom is -0.380 e. The van der Waals surface area contributed by atoms with Crippen LogP contribution in [-0.2, 0) is 16.6 Å². The molecule has 0 aliphatic rings. The second kappa shape index (κ2) is 7.72. The Morgan fingerprint density at radius 3 is 2.38 bits per heavy atom. The lowest BCUT2D eigenvalue weighted by molar-refractivity contribution is 0.601. The first-order valence-corrected chi connectivity index (χ1v) is 9.52. The number of nitrogens with one attached hydrogen (secondary N) is 2. The van der Waals surface area contributed by atoms with Crippen molar-refractivity contribution in [2.75, 3.05) is 10.0 Å². The Kier molecular flexibility index (Phi) is 5.39. The van der Waals surface area contributed by atoms with Crippen LogP contribution in [0.4, 0.5) is 15.9 Å². The first-order valence-electron chi connectivity index (χ1n) is 7.66. The number of sulfonamides is 1. The summed E-state index contributed by atoms with van der Waals surface area (Å²) in [6.07, 6.45) is 1.51. The summed E-state index contributed by atoms with van der Waals surface area (Å²) in [4.78, 5) is 4.08. The van der Waals surface area contributed by atoms with E-state index in [1.807, 2.05) is 0 Å². The standard InChI is InChI=1S/C18H15ClFN3O2S/c19-16-3-1-2-4-17(16)26(24,25)23-18-10-9-15(12-22-18)21-11-13-5-7-14(20)8-6-13/h1-10,12,21H,11H2,(H,22,23). The van der Waals surface area contributed by atoms with Crippen molar-refractivity contribution in [1.82, 2.24) is 4.98 Å². The van der Waals surface area contributed by atoms with Gasteiger partial charge in [-0.15, -0.1) is 0 Å². The SMILES string of the molecule is O=S(=O)(Nc1ccc(NCc2ccc(F)cc2)cn1)c1ccccc1Cl. The van der Waals surface area contributed by atoms with Gasteiger partial charge in [-0.2, -0.15) is 0 Å². The minimum absolute atomic E-state index is 0.0121. The maximum atomic E-state index is 12.9. The minimum atomic E-state index is -3.82. The van der Waals surface area contributed by atoms with Gasteiger partial charge in [0.15, 0.2) is 0 Å². The predicted molar refractivity (Wildman–Crippen MR) is 100 cm³/mol. The van der Waals surface area contributed by atoms with Crippen LogP contribution < -0.4 is 10.0 Å². The monoisotopic (exact) mass is 391 g/mol. The number of hydrogen-bond donors (Lipinski definition) is 2. The van der Waals surface area contributed by atoms with E-state index in [9.17, 15) is 12.8 Å². The van der Waals surface area contributed by atoms with Crippen LogP contribution in [0.2, 0.25) is 5.02 Å². The molecule has 0 aliphatic heterocycles. The molecule has 2 aromatic carbocycles. The van der Waals surface area contributed by atoms with Gasteiger partial charge in [0.2, 0.25) is 0 Å². The van der Waals surface area contributed by atoms with Crippen LogP contribution in [0.3, 0.4) is 0 Å². The van der Waals surface area contributed by atoms with Gasteiger partial charge in [0, 0.05) is 6.54 Å². The molecular formula is C18H15ClFN3O2S. The summed E-state index contributed by atoms with van der Waals surface area (Å²) in [5.74, 6) is -0.108. The largest absolute Gasteiger partial charge is 0.380 e. The van der Waals surface area contributed by atoms with Gasteiger partial charge in [-0.3, -0.25) is 4.72 Å². The Bertz CT molecular complexity index is 994. The van der Waals surface area contributed by atoms with Crippen molar-refractivity contribution in [2.45, 2.75) is 11.4 Å². The molecule has 0 radical (unpaired) electrons. The fraction of sp³-hybridized carbons (Fsp3) is 0.0556. The second-order valence-corrected chi connectivity index (χ2v) is 7.51. The molecule has 8 heteroatoms. The summed E-state index contributed by atoms with van der Waals surface area (Å²) >= 11 is 5.94. The van der Waals surface area contributed by atoms with Crippen LogP contribution in [0.25, 0.3) is 0 Å². The molecule has 0 amide bonds. The topological polar surface area (TPSA) is 71.1 Å². The molecule has 2 N–H and O–H groups in total. The van der Waals surface area contributed by atoms with Crippen LogP contribution in [0, 0.1) is 5.82 Å². The number of nitrogens with zero attached hydrogens (tertiary/aromatic N) is 1. The number of rotatable bonds is 6. The molecule has 3 rings (SSSR count). The lowest BCUT2D eigenvalue weighted by atomic mass is 10.2. The third-order valence-corrected chi connectivity index (χ3v) is 5.39. The summed E-state index contributed by atoms with van der Waals surface area (Å²) in [6.45, 7) is 0.493. The van der Waals surface area contributed by atoms with E-state index < -0.39 is 10.0 Å². The number of halogens is 2. The van der Waals surface area contributed by atoms with E-state index >= 15 is 0 Å². The average Bonchev–Trinajstić information content (AvgIpc) is 2.62. The third-order valence-electron chi connectivity index (χ3n) is 3.54. The highest BCUT2D eigenvalue weighted by Gasteiger charge is 2.17. The first kappa shape index (κ1) is 18.2. The van der Waals surface area contributed by atoms with Gasteiger partial charge in [0.05, 0.1) is 16.9 Å². The maximum Gasteiger partial charge on any atom is 0.264 e. The Hall–Kier alpha value is -2.64. The van der Waals surface area contributed by atoms with Gasteiger partial charge in [0.1, 0.15) is 16.5 Å². The number of benzene rings is 2. The predicted octanol–water partition coefficient (Wildman–Crippen LogP) is 4.29. The first-order chi connectivity index (χ1) is 12.4. The maximum absolute atomic E-state index is 12.9. The average molecular weight is 392 g/mol. The molecular weight excluding hydrogens is 377 g/mol. The Labute approximate surface area is 155 Å². The van der Waals surface area contributed by atoms with Crippen molar-refractivity contribution in [1.29, 1.82) is 0 Å². The Balaban J connectivity index is 1.66. The molecule has 0 unspecified atom stereocenters. The number of anilines is 2.